The molecule has 3 N–H and O–H groups in total. The molecule has 3 rings (SSSR count). The average Bonchev–Trinajstić information content (AvgIpc) is 2.83. The van der Waals surface area contributed by atoms with Gasteiger partial charge in [-0.05, 0) is 38.1 Å². The Labute approximate surface area is 136 Å². The summed E-state index contributed by atoms with van der Waals surface area (Å²) in [5.41, 5.74) is 8.41. The molecule has 0 unspecified atom stereocenters. The number of carboxylic acids is 1. The average molecular weight is 317 g/mol. The topological polar surface area (TPSA) is 75.4 Å². The lowest BCUT2D eigenvalue weighted by molar-refractivity contribution is -0.657. The number of nitrogens with two attached hydrogens (primary N) is 1. The number of benzene rings is 1. The van der Waals surface area contributed by atoms with E-state index >= 15 is 0 Å². The SMILES string of the molecule is Nc1n(CCC(=O)O)c2ccccc2[n+]1CCN1CCCCC1. The summed E-state index contributed by atoms with van der Waals surface area (Å²) in [7, 11) is 0. The summed E-state index contributed by atoms with van der Waals surface area (Å²) >= 11 is 0. The number of aryl methyl sites for hydroxylation is 1. The van der Waals surface area contributed by atoms with Crippen LogP contribution in [0.25, 0.3) is 11.0 Å². The quantitative estimate of drug-likeness (QED) is 0.791. The Hall–Kier alpha value is -2.08. The van der Waals surface area contributed by atoms with E-state index in [1.165, 1.54) is 19.3 Å². The molecule has 1 aliphatic heterocycles. The normalized spacial score (nSPS) is 16.0. The molecule has 1 aromatic heterocycles. The molecule has 124 valence electrons. The Morgan fingerprint density at radius 3 is 2.65 bits per heavy atom. The van der Waals surface area contributed by atoms with Gasteiger partial charge in [0.25, 0.3) is 0 Å². The number of rotatable bonds is 6. The van der Waals surface area contributed by atoms with Crippen LogP contribution in [0.15, 0.2) is 24.3 Å². The fourth-order valence-corrected chi connectivity index (χ4v) is 3.42. The van der Waals surface area contributed by atoms with Crippen molar-refractivity contribution in [2.75, 3.05) is 25.4 Å². The molecule has 1 fully saturated rings. The zero-order chi connectivity index (χ0) is 16.2. The maximum absolute atomic E-state index is 10.9. The highest BCUT2D eigenvalue weighted by Crippen LogP contribution is 2.17. The number of aromatic nitrogens is 2. The Bertz CT molecular complexity index is 689. The molecular formula is C17H25N4O2+. The van der Waals surface area contributed by atoms with Crippen LogP contribution in [0.5, 0.6) is 0 Å². The van der Waals surface area contributed by atoms with E-state index in [2.05, 4.69) is 15.5 Å². The zero-order valence-corrected chi connectivity index (χ0v) is 13.4. The first-order valence-electron chi connectivity index (χ1n) is 8.37. The van der Waals surface area contributed by atoms with Gasteiger partial charge in [-0.3, -0.25) is 10.5 Å². The molecule has 6 heteroatoms. The molecule has 23 heavy (non-hydrogen) atoms. The largest absolute Gasteiger partial charge is 0.481 e. The number of para-hydroxylation sites is 2. The second-order valence-corrected chi connectivity index (χ2v) is 6.20. The van der Waals surface area contributed by atoms with Gasteiger partial charge in [-0.2, -0.15) is 0 Å². The molecule has 1 aliphatic rings. The van der Waals surface area contributed by atoms with Crippen molar-refractivity contribution in [2.24, 2.45) is 0 Å². The predicted octanol–water partition coefficient (Wildman–Crippen LogP) is 1.47. The number of likely N-dealkylation sites (tertiary alicyclic amines) is 1. The number of carbonyl (C=O) groups is 1. The van der Waals surface area contributed by atoms with Gasteiger partial charge >= 0.3 is 11.9 Å². The summed E-state index contributed by atoms with van der Waals surface area (Å²) in [6.45, 7) is 4.56. The lowest BCUT2D eigenvalue weighted by Crippen LogP contribution is -2.43. The van der Waals surface area contributed by atoms with Crippen LogP contribution in [-0.2, 0) is 17.9 Å². The first-order valence-corrected chi connectivity index (χ1v) is 8.37. The van der Waals surface area contributed by atoms with Gasteiger partial charge in [0.05, 0.1) is 19.5 Å². The van der Waals surface area contributed by atoms with Crippen LogP contribution >= 0.6 is 0 Å². The molecule has 0 atom stereocenters. The standard InChI is InChI=1S/C17H24N4O2/c18-17-20(11-8-16(22)23)14-6-2-3-7-15(14)21(17)13-12-19-9-4-1-5-10-19/h2-3,6-7,18H,1,4-5,8-13H2,(H,22,23)/p+1. The van der Waals surface area contributed by atoms with Gasteiger partial charge in [0, 0.05) is 6.54 Å². The number of piperidine rings is 1. The summed E-state index contributed by atoms with van der Waals surface area (Å²) in [4.78, 5) is 13.4. The molecule has 0 amide bonds. The molecule has 2 aromatic rings. The molecule has 0 aliphatic carbocycles. The predicted molar refractivity (Wildman–Crippen MR) is 89.1 cm³/mol. The van der Waals surface area contributed by atoms with Crippen LogP contribution in [0.3, 0.4) is 0 Å². The summed E-state index contributed by atoms with van der Waals surface area (Å²) < 4.78 is 4.03. The molecule has 6 nitrogen and oxygen atoms in total. The van der Waals surface area contributed by atoms with Crippen LogP contribution < -0.4 is 10.3 Å². The van der Waals surface area contributed by atoms with E-state index in [4.69, 9.17) is 10.8 Å². The monoisotopic (exact) mass is 317 g/mol. The van der Waals surface area contributed by atoms with E-state index in [-0.39, 0.29) is 6.42 Å². The molecule has 2 heterocycles. The molecule has 1 saturated heterocycles. The molecule has 0 spiro atoms. The van der Waals surface area contributed by atoms with Gasteiger partial charge in [0.2, 0.25) is 0 Å². The second kappa shape index (κ2) is 7.00. The fraction of sp³-hybridized carbons (Fsp3) is 0.529. The van der Waals surface area contributed by atoms with Gasteiger partial charge in [0.15, 0.2) is 0 Å². The number of nitrogen functional groups attached to an aromatic ring is 1. The van der Waals surface area contributed by atoms with E-state index in [1.54, 1.807) is 0 Å². The summed E-state index contributed by atoms with van der Waals surface area (Å²) in [6.07, 6.45) is 3.97. The smallest absolute Gasteiger partial charge is 0.356 e. The van der Waals surface area contributed by atoms with Crippen molar-refractivity contribution in [3.05, 3.63) is 24.3 Å². The Morgan fingerprint density at radius 1 is 1.17 bits per heavy atom. The number of fused-ring (bicyclic) bond motifs is 1. The third kappa shape index (κ3) is 3.47. The summed E-state index contributed by atoms with van der Waals surface area (Å²) in [6, 6.07) is 8.03. The Balaban J connectivity index is 1.83. The Kier molecular flexibility index (Phi) is 4.81. The van der Waals surface area contributed by atoms with Crippen LogP contribution in [0.2, 0.25) is 0 Å². The molecule has 0 saturated carbocycles. The number of nitrogens with zero attached hydrogens (tertiary/aromatic N) is 3. The van der Waals surface area contributed by atoms with Crippen LogP contribution in [-0.4, -0.2) is 40.2 Å². The van der Waals surface area contributed by atoms with Crippen molar-refractivity contribution >= 4 is 23.0 Å². The molecule has 0 bridgehead atoms. The summed E-state index contributed by atoms with van der Waals surface area (Å²) in [5.74, 6) is -0.161. The lowest BCUT2D eigenvalue weighted by atomic mass is 10.1. The van der Waals surface area contributed by atoms with Gasteiger partial charge in [-0.25, -0.2) is 9.13 Å². The minimum Gasteiger partial charge on any atom is -0.481 e. The highest BCUT2D eigenvalue weighted by Gasteiger charge is 2.22. The van der Waals surface area contributed by atoms with Crippen LogP contribution in [0.4, 0.5) is 5.95 Å². The molecule has 0 radical (unpaired) electrons. The van der Waals surface area contributed by atoms with Crippen molar-refractivity contribution in [1.29, 1.82) is 0 Å². The number of anilines is 1. The van der Waals surface area contributed by atoms with E-state index in [1.807, 2.05) is 22.8 Å². The van der Waals surface area contributed by atoms with E-state index in [0.717, 1.165) is 37.2 Å². The lowest BCUT2D eigenvalue weighted by Gasteiger charge is -2.25. The minimum absolute atomic E-state index is 0.0784. The fourth-order valence-electron chi connectivity index (χ4n) is 3.42. The second-order valence-electron chi connectivity index (χ2n) is 6.20. The van der Waals surface area contributed by atoms with Crippen molar-refractivity contribution in [3.8, 4) is 0 Å². The summed E-state index contributed by atoms with van der Waals surface area (Å²) in [5, 5.41) is 8.95. The third-order valence-electron chi connectivity index (χ3n) is 4.65. The van der Waals surface area contributed by atoms with Crippen LogP contribution in [0, 0.1) is 0 Å². The maximum atomic E-state index is 10.9. The third-order valence-corrected chi connectivity index (χ3v) is 4.65. The van der Waals surface area contributed by atoms with Crippen molar-refractivity contribution < 1.29 is 14.5 Å². The van der Waals surface area contributed by atoms with E-state index < -0.39 is 5.97 Å². The van der Waals surface area contributed by atoms with Crippen molar-refractivity contribution in [2.45, 2.75) is 38.8 Å². The van der Waals surface area contributed by atoms with E-state index in [9.17, 15) is 4.79 Å². The van der Waals surface area contributed by atoms with Gasteiger partial charge in [-0.15, -0.1) is 0 Å². The van der Waals surface area contributed by atoms with Crippen molar-refractivity contribution in [3.63, 3.8) is 0 Å². The van der Waals surface area contributed by atoms with Gasteiger partial charge < -0.3 is 10.0 Å². The van der Waals surface area contributed by atoms with E-state index in [0.29, 0.717) is 12.5 Å². The number of hydrogen-bond acceptors (Lipinski definition) is 3. The van der Waals surface area contributed by atoms with Gasteiger partial charge in [0.1, 0.15) is 11.0 Å². The van der Waals surface area contributed by atoms with Crippen LogP contribution in [0.1, 0.15) is 25.7 Å². The number of aliphatic carboxylic acids is 1. The number of carboxylic acid groups (broad SMARTS) is 1. The molecular weight excluding hydrogens is 292 g/mol. The molecule has 1 aromatic carbocycles. The minimum atomic E-state index is -0.804. The Morgan fingerprint density at radius 2 is 1.91 bits per heavy atom. The van der Waals surface area contributed by atoms with Gasteiger partial charge in [-0.1, -0.05) is 18.6 Å². The number of imidazole rings is 1. The van der Waals surface area contributed by atoms with Crippen molar-refractivity contribution in [1.82, 2.24) is 9.47 Å². The highest BCUT2D eigenvalue weighted by atomic mass is 16.4. The maximum Gasteiger partial charge on any atom is 0.356 e. The first-order chi connectivity index (χ1) is 11.2. The number of hydrogen-bond donors (Lipinski definition) is 2. The first kappa shape index (κ1) is 15.8. The zero-order valence-electron chi connectivity index (χ0n) is 13.4. The highest BCUT2D eigenvalue weighted by molar-refractivity contribution is 5.74.